The Labute approximate surface area is 130 Å². The lowest BCUT2D eigenvalue weighted by Crippen LogP contribution is -2.24. The molecule has 118 valence electrons. The standard InChI is InChI=1S/C15H13N3O5/c1-21-8-14-17-13(18-23-14)7-16-15(20)12-6-10(19)9-4-2-3-5-11(9)22-12/h2-6H,7-8H2,1H3,(H,16,20). The molecule has 0 spiro atoms. The normalized spacial score (nSPS) is 10.8. The maximum atomic E-state index is 12.1. The van der Waals surface area contributed by atoms with Gasteiger partial charge < -0.3 is 19.0 Å². The van der Waals surface area contributed by atoms with Gasteiger partial charge in [-0.3, -0.25) is 9.59 Å². The highest BCUT2D eigenvalue weighted by Crippen LogP contribution is 2.11. The van der Waals surface area contributed by atoms with Gasteiger partial charge in [0.2, 0.25) is 0 Å². The Morgan fingerprint density at radius 2 is 2.17 bits per heavy atom. The Morgan fingerprint density at radius 3 is 3.00 bits per heavy atom. The second kappa shape index (κ2) is 6.41. The summed E-state index contributed by atoms with van der Waals surface area (Å²) >= 11 is 0. The third-order valence-corrected chi connectivity index (χ3v) is 3.04. The molecule has 3 aromatic rings. The Bertz CT molecular complexity index is 899. The van der Waals surface area contributed by atoms with Gasteiger partial charge in [0.25, 0.3) is 11.8 Å². The van der Waals surface area contributed by atoms with E-state index in [0.29, 0.717) is 22.7 Å². The van der Waals surface area contributed by atoms with E-state index in [1.165, 1.54) is 7.11 Å². The Morgan fingerprint density at radius 1 is 1.35 bits per heavy atom. The number of methoxy groups -OCH3 is 1. The first kappa shape index (κ1) is 14.9. The molecule has 8 heteroatoms. The van der Waals surface area contributed by atoms with Crippen LogP contribution >= 0.6 is 0 Å². The number of para-hydroxylation sites is 1. The molecule has 1 N–H and O–H groups in total. The van der Waals surface area contributed by atoms with E-state index in [-0.39, 0.29) is 24.3 Å². The van der Waals surface area contributed by atoms with Crippen molar-refractivity contribution in [3.63, 3.8) is 0 Å². The molecule has 0 saturated carbocycles. The lowest BCUT2D eigenvalue weighted by atomic mass is 10.2. The fraction of sp³-hybridized carbons (Fsp3) is 0.200. The van der Waals surface area contributed by atoms with E-state index in [1.807, 2.05) is 0 Å². The van der Waals surface area contributed by atoms with Gasteiger partial charge in [-0.1, -0.05) is 17.3 Å². The minimum Gasteiger partial charge on any atom is -0.451 e. The quantitative estimate of drug-likeness (QED) is 0.755. The third kappa shape index (κ3) is 3.27. The molecule has 0 aliphatic heterocycles. The summed E-state index contributed by atoms with van der Waals surface area (Å²) in [6.45, 7) is 0.239. The van der Waals surface area contributed by atoms with Crippen molar-refractivity contribution in [3.05, 3.63) is 58.0 Å². The monoisotopic (exact) mass is 315 g/mol. The van der Waals surface area contributed by atoms with E-state index in [2.05, 4.69) is 15.5 Å². The number of nitrogens with one attached hydrogen (secondary N) is 1. The minimum absolute atomic E-state index is 0.0442. The molecule has 0 radical (unpaired) electrons. The zero-order chi connectivity index (χ0) is 16.2. The highest BCUT2D eigenvalue weighted by molar-refractivity contribution is 5.93. The van der Waals surface area contributed by atoms with Crippen molar-refractivity contribution in [1.82, 2.24) is 15.5 Å². The largest absolute Gasteiger partial charge is 0.451 e. The molecular weight excluding hydrogens is 302 g/mol. The van der Waals surface area contributed by atoms with Crippen LogP contribution in [-0.2, 0) is 17.9 Å². The van der Waals surface area contributed by atoms with Gasteiger partial charge in [-0.25, -0.2) is 0 Å². The van der Waals surface area contributed by atoms with Gasteiger partial charge >= 0.3 is 0 Å². The summed E-state index contributed by atoms with van der Waals surface area (Å²) in [5.41, 5.74) is 0.0750. The van der Waals surface area contributed by atoms with Gasteiger partial charge in [0.15, 0.2) is 17.0 Å². The van der Waals surface area contributed by atoms with Crippen LogP contribution in [0.4, 0.5) is 0 Å². The van der Waals surface area contributed by atoms with Crippen LogP contribution in [0.2, 0.25) is 0 Å². The van der Waals surface area contributed by atoms with Crippen molar-refractivity contribution < 1.29 is 18.5 Å². The highest BCUT2D eigenvalue weighted by atomic mass is 16.5. The smallest absolute Gasteiger partial charge is 0.287 e. The van der Waals surface area contributed by atoms with Gasteiger partial charge in [-0.2, -0.15) is 4.98 Å². The van der Waals surface area contributed by atoms with E-state index >= 15 is 0 Å². The van der Waals surface area contributed by atoms with Crippen molar-refractivity contribution in [1.29, 1.82) is 0 Å². The van der Waals surface area contributed by atoms with Crippen molar-refractivity contribution in [2.24, 2.45) is 0 Å². The predicted octanol–water partition coefficient (Wildman–Crippen LogP) is 1.25. The summed E-state index contributed by atoms with van der Waals surface area (Å²) in [6.07, 6.45) is 0. The lowest BCUT2D eigenvalue weighted by molar-refractivity contribution is 0.0922. The Hall–Kier alpha value is -3.00. The van der Waals surface area contributed by atoms with Crippen LogP contribution in [0.5, 0.6) is 0 Å². The van der Waals surface area contributed by atoms with Gasteiger partial charge in [0, 0.05) is 13.2 Å². The summed E-state index contributed by atoms with van der Waals surface area (Å²) in [7, 11) is 1.51. The molecule has 0 bridgehead atoms. The number of rotatable bonds is 5. The molecule has 23 heavy (non-hydrogen) atoms. The molecule has 2 heterocycles. The first-order valence-electron chi connectivity index (χ1n) is 6.79. The molecule has 0 aliphatic carbocycles. The van der Waals surface area contributed by atoms with E-state index in [0.717, 1.165) is 6.07 Å². The molecule has 0 aliphatic rings. The topological polar surface area (TPSA) is 107 Å². The SMILES string of the molecule is COCc1nc(CNC(=O)c2cc(=O)c3ccccc3o2)no1. The Kier molecular flexibility index (Phi) is 4.15. The maximum absolute atomic E-state index is 12.1. The average Bonchev–Trinajstić information content (AvgIpc) is 3.00. The van der Waals surface area contributed by atoms with Crippen LogP contribution in [-0.4, -0.2) is 23.2 Å². The third-order valence-electron chi connectivity index (χ3n) is 3.04. The molecule has 2 aromatic heterocycles. The molecule has 1 amide bonds. The predicted molar refractivity (Wildman–Crippen MR) is 78.7 cm³/mol. The zero-order valence-corrected chi connectivity index (χ0v) is 12.2. The molecule has 3 rings (SSSR count). The van der Waals surface area contributed by atoms with Gasteiger partial charge in [0.1, 0.15) is 12.2 Å². The van der Waals surface area contributed by atoms with E-state index in [1.54, 1.807) is 24.3 Å². The lowest BCUT2D eigenvalue weighted by Gasteiger charge is -2.03. The number of amides is 1. The zero-order valence-electron chi connectivity index (χ0n) is 12.2. The molecule has 0 saturated heterocycles. The Balaban J connectivity index is 1.74. The van der Waals surface area contributed by atoms with Gasteiger partial charge in [0.05, 0.1) is 11.9 Å². The molecule has 8 nitrogen and oxygen atoms in total. The highest BCUT2D eigenvalue weighted by Gasteiger charge is 2.13. The maximum Gasteiger partial charge on any atom is 0.287 e. The van der Waals surface area contributed by atoms with Crippen LogP contribution < -0.4 is 10.7 Å². The minimum atomic E-state index is -0.536. The number of hydrogen-bond donors (Lipinski definition) is 1. The molecular formula is C15H13N3O5. The molecule has 0 fully saturated rings. The van der Waals surface area contributed by atoms with Crippen molar-refractivity contribution >= 4 is 16.9 Å². The average molecular weight is 315 g/mol. The van der Waals surface area contributed by atoms with E-state index < -0.39 is 5.91 Å². The number of fused-ring (bicyclic) bond motifs is 1. The van der Waals surface area contributed by atoms with Crippen LogP contribution in [0.25, 0.3) is 11.0 Å². The van der Waals surface area contributed by atoms with Crippen molar-refractivity contribution in [2.45, 2.75) is 13.2 Å². The summed E-state index contributed by atoms with van der Waals surface area (Å²) in [6, 6.07) is 7.88. The van der Waals surface area contributed by atoms with Crippen molar-refractivity contribution in [2.75, 3.05) is 7.11 Å². The van der Waals surface area contributed by atoms with Gasteiger partial charge in [-0.05, 0) is 12.1 Å². The second-order valence-corrected chi connectivity index (χ2v) is 4.69. The van der Waals surface area contributed by atoms with Gasteiger partial charge in [-0.15, -0.1) is 0 Å². The summed E-state index contributed by atoms with van der Waals surface area (Å²) in [5, 5.41) is 6.68. The number of carbonyl (C=O) groups excluding carboxylic acids is 1. The first-order chi connectivity index (χ1) is 11.2. The summed E-state index contributed by atoms with van der Waals surface area (Å²) in [5.74, 6) is 0.00257. The fourth-order valence-electron chi connectivity index (χ4n) is 2.01. The van der Waals surface area contributed by atoms with Crippen molar-refractivity contribution in [3.8, 4) is 0 Å². The second-order valence-electron chi connectivity index (χ2n) is 4.69. The van der Waals surface area contributed by atoms with Crippen LogP contribution in [0.15, 0.2) is 44.1 Å². The number of benzene rings is 1. The summed E-state index contributed by atoms with van der Waals surface area (Å²) in [4.78, 5) is 28.1. The van der Waals surface area contributed by atoms with Crippen LogP contribution in [0.1, 0.15) is 22.3 Å². The van der Waals surface area contributed by atoms with E-state index in [4.69, 9.17) is 13.7 Å². The number of carbonyl (C=O) groups is 1. The van der Waals surface area contributed by atoms with Crippen LogP contribution in [0, 0.1) is 0 Å². The number of nitrogens with zero attached hydrogens (tertiary/aromatic N) is 2. The molecule has 1 aromatic carbocycles. The summed E-state index contributed by atoms with van der Waals surface area (Å²) < 4.78 is 15.2. The first-order valence-corrected chi connectivity index (χ1v) is 6.79. The molecule has 0 unspecified atom stereocenters. The number of ether oxygens (including phenoxy) is 1. The fourth-order valence-corrected chi connectivity index (χ4v) is 2.01. The number of aromatic nitrogens is 2. The molecule has 0 atom stereocenters. The van der Waals surface area contributed by atoms with E-state index in [9.17, 15) is 9.59 Å². The number of hydrogen-bond acceptors (Lipinski definition) is 7. The van der Waals surface area contributed by atoms with Crippen LogP contribution in [0.3, 0.4) is 0 Å².